The number of rotatable bonds is 4. The molecule has 6 nitrogen and oxygen atoms in total. The lowest BCUT2D eigenvalue weighted by molar-refractivity contribution is -0.137. The van der Waals surface area contributed by atoms with Gasteiger partial charge in [0.1, 0.15) is 12.1 Å². The lowest BCUT2D eigenvalue weighted by Crippen LogP contribution is -2.47. The second-order valence-corrected chi connectivity index (χ2v) is 7.07. The minimum absolute atomic E-state index is 0.513. The monoisotopic (exact) mass is 384 g/mol. The molecule has 26 heavy (non-hydrogen) atoms. The molecule has 1 aliphatic carbocycles. The molecule has 10 heteroatoms. The quantitative estimate of drug-likeness (QED) is 0.759. The molecule has 1 aliphatic heterocycles. The molecule has 4 rings (SSSR count). The fourth-order valence-electron chi connectivity index (χ4n) is 3.10. The number of alkyl halides is 3. The Balaban J connectivity index is 1.34. The highest BCUT2D eigenvalue weighted by Gasteiger charge is 2.31. The molecule has 2 aromatic heterocycles. The van der Waals surface area contributed by atoms with Crippen molar-refractivity contribution in [2.24, 2.45) is 0 Å². The van der Waals surface area contributed by atoms with E-state index in [4.69, 9.17) is 12.2 Å². The smallest absolute Gasteiger partial charge is 0.354 e. The van der Waals surface area contributed by atoms with E-state index in [1.165, 1.54) is 18.9 Å². The van der Waals surface area contributed by atoms with Crippen LogP contribution in [0, 0.1) is 4.77 Å². The third-order valence-electron chi connectivity index (χ3n) is 4.80. The summed E-state index contributed by atoms with van der Waals surface area (Å²) in [5.41, 5.74) is -0.722. The first-order valence-electron chi connectivity index (χ1n) is 8.56. The summed E-state index contributed by atoms with van der Waals surface area (Å²) in [5, 5.41) is 4.38. The number of hydrogen-bond acceptors (Lipinski definition) is 5. The zero-order valence-corrected chi connectivity index (χ0v) is 14.9. The van der Waals surface area contributed by atoms with E-state index in [9.17, 15) is 13.2 Å². The summed E-state index contributed by atoms with van der Waals surface area (Å²) >= 11 is 5.48. The molecule has 0 unspecified atom stereocenters. The fourth-order valence-corrected chi connectivity index (χ4v) is 3.40. The largest absolute Gasteiger partial charge is 0.417 e. The average Bonchev–Trinajstić information content (AvgIpc) is 3.40. The van der Waals surface area contributed by atoms with Crippen LogP contribution in [-0.4, -0.2) is 50.4 Å². The van der Waals surface area contributed by atoms with Crippen molar-refractivity contribution < 1.29 is 13.2 Å². The van der Waals surface area contributed by atoms with Crippen molar-refractivity contribution in [3.8, 4) is 0 Å². The Morgan fingerprint density at radius 2 is 1.85 bits per heavy atom. The van der Waals surface area contributed by atoms with E-state index in [0.717, 1.165) is 30.1 Å². The van der Waals surface area contributed by atoms with Gasteiger partial charge in [-0.25, -0.2) is 9.67 Å². The van der Waals surface area contributed by atoms with Crippen molar-refractivity contribution in [3.63, 3.8) is 0 Å². The molecule has 1 saturated heterocycles. The molecule has 0 bridgehead atoms. The molecule has 3 heterocycles. The van der Waals surface area contributed by atoms with Gasteiger partial charge in [-0.3, -0.25) is 4.90 Å². The first kappa shape index (κ1) is 17.5. The van der Waals surface area contributed by atoms with Gasteiger partial charge >= 0.3 is 6.18 Å². The van der Waals surface area contributed by atoms with Crippen molar-refractivity contribution in [1.82, 2.24) is 24.2 Å². The van der Waals surface area contributed by atoms with Gasteiger partial charge in [-0.1, -0.05) is 0 Å². The molecular formula is C16H19F3N6S. The number of piperazine rings is 1. The summed E-state index contributed by atoms with van der Waals surface area (Å²) in [5.74, 6) is 0.576. The fraction of sp³-hybridized carbons (Fsp3) is 0.562. The second kappa shape index (κ2) is 6.66. The summed E-state index contributed by atoms with van der Waals surface area (Å²) in [6, 6.07) is 3.03. The maximum atomic E-state index is 12.6. The highest BCUT2D eigenvalue weighted by Crippen LogP contribution is 2.34. The third kappa shape index (κ3) is 3.61. The predicted octanol–water partition coefficient (Wildman–Crippen LogP) is 2.94. The van der Waals surface area contributed by atoms with Crippen LogP contribution in [0.4, 0.5) is 19.0 Å². The van der Waals surface area contributed by atoms with Gasteiger partial charge in [0.25, 0.3) is 0 Å². The zero-order chi connectivity index (χ0) is 18.3. The first-order chi connectivity index (χ1) is 12.4. The van der Waals surface area contributed by atoms with Gasteiger partial charge < -0.3 is 9.47 Å². The molecule has 0 aromatic carbocycles. The Morgan fingerprint density at radius 3 is 2.42 bits per heavy atom. The number of hydrogen-bond donors (Lipinski definition) is 0. The number of nitrogens with zero attached hydrogens (tertiary/aromatic N) is 6. The summed E-state index contributed by atoms with van der Waals surface area (Å²) in [6.45, 7) is 3.60. The molecule has 0 N–H and O–H groups in total. The summed E-state index contributed by atoms with van der Waals surface area (Å²) in [4.78, 5) is 8.21. The highest BCUT2D eigenvalue weighted by atomic mass is 32.1. The molecule has 0 radical (unpaired) electrons. The standard InChI is InChI=1S/C16H19F3N6S/c17-16(18,19)12-1-4-14(20-9-12)23-7-5-22(6-8-23)11-25-15(26)24(10-21-25)13-2-3-13/h1,4,9-10,13H,2-3,5-8,11H2. The van der Waals surface area contributed by atoms with E-state index >= 15 is 0 Å². The number of halogens is 3. The van der Waals surface area contributed by atoms with Crippen molar-refractivity contribution in [1.29, 1.82) is 0 Å². The van der Waals surface area contributed by atoms with Crippen molar-refractivity contribution in [2.75, 3.05) is 31.1 Å². The molecule has 0 atom stereocenters. The van der Waals surface area contributed by atoms with Crippen LogP contribution >= 0.6 is 12.2 Å². The summed E-state index contributed by atoms with van der Waals surface area (Å²) in [7, 11) is 0. The highest BCUT2D eigenvalue weighted by molar-refractivity contribution is 7.71. The normalized spacial score (nSPS) is 19.1. The molecule has 1 saturated carbocycles. The maximum absolute atomic E-state index is 12.6. The van der Waals surface area contributed by atoms with Crippen LogP contribution in [0.25, 0.3) is 0 Å². The lowest BCUT2D eigenvalue weighted by Gasteiger charge is -2.35. The first-order valence-corrected chi connectivity index (χ1v) is 8.97. The SMILES string of the molecule is FC(F)(F)c1ccc(N2CCN(Cn3ncn(C4CC4)c3=S)CC2)nc1. The van der Waals surface area contributed by atoms with E-state index in [-0.39, 0.29) is 0 Å². The number of pyridine rings is 1. The van der Waals surface area contributed by atoms with Gasteiger partial charge in [0.05, 0.1) is 12.2 Å². The van der Waals surface area contributed by atoms with Crippen LogP contribution in [0.5, 0.6) is 0 Å². The summed E-state index contributed by atoms with van der Waals surface area (Å²) in [6.07, 6.45) is 0.679. The van der Waals surface area contributed by atoms with Crippen LogP contribution in [0.3, 0.4) is 0 Å². The Labute approximate surface area is 153 Å². The second-order valence-electron chi connectivity index (χ2n) is 6.70. The Kier molecular flexibility index (Phi) is 4.47. The Morgan fingerprint density at radius 1 is 1.12 bits per heavy atom. The van der Waals surface area contributed by atoms with E-state index in [1.54, 1.807) is 0 Å². The van der Waals surface area contributed by atoms with Gasteiger partial charge in [-0.2, -0.15) is 18.3 Å². The minimum atomic E-state index is -4.35. The van der Waals surface area contributed by atoms with Gasteiger partial charge in [0.15, 0.2) is 4.77 Å². The topological polar surface area (TPSA) is 42.1 Å². The Bertz CT molecular complexity index is 816. The van der Waals surface area contributed by atoms with Crippen LogP contribution < -0.4 is 4.90 Å². The molecule has 2 fully saturated rings. The van der Waals surface area contributed by atoms with Crippen molar-refractivity contribution in [2.45, 2.75) is 31.7 Å². The summed E-state index contributed by atoms with van der Waals surface area (Å²) < 4.78 is 42.5. The van der Waals surface area contributed by atoms with Crippen LogP contribution in [0.2, 0.25) is 0 Å². The third-order valence-corrected chi connectivity index (χ3v) is 5.22. The molecule has 140 valence electrons. The van der Waals surface area contributed by atoms with Gasteiger partial charge in [-0.05, 0) is 37.2 Å². The molecule has 2 aliphatic rings. The van der Waals surface area contributed by atoms with Gasteiger partial charge in [0, 0.05) is 38.4 Å². The average molecular weight is 384 g/mol. The molecule has 0 amide bonds. The van der Waals surface area contributed by atoms with E-state index in [0.29, 0.717) is 31.6 Å². The van der Waals surface area contributed by atoms with Crippen molar-refractivity contribution >= 4 is 18.0 Å². The van der Waals surface area contributed by atoms with Crippen molar-refractivity contribution in [3.05, 3.63) is 35.0 Å². The van der Waals surface area contributed by atoms with E-state index < -0.39 is 11.7 Å². The van der Waals surface area contributed by atoms with Gasteiger partial charge in [-0.15, -0.1) is 0 Å². The van der Waals surface area contributed by atoms with Crippen LogP contribution in [0.1, 0.15) is 24.4 Å². The van der Waals surface area contributed by atoms with E-state index in [2.05, 4.69) is 19.5 Å². The molecule has 2 aromatic rings. The molecular weight excluding hydrogens is 365 g/mol. The lowest BCUT2D eigenvalue weighted by atomic mass is 10.2. The van der Waals surface area contributed by atoms with Crippen LogP contribution in [-0.2, 0) is 12.8 Å². The maximum Gasteiger partial charge on any atom is 0.417 e. The zero-order valence-electron chi connectivity index (χ0n) is 14.1. The predicted molar refractivity (Wildman–Crippen MR) is 92.3 cm³/mol. The molecule has 0 spiro atoms. The number of anilines is 1. The van der Waals surface area contributed by atoms with Gasteiger partial charge in [0.2, 0.25) is 0 Å². The van der Waals surface area contributed by atoms with E-state index in [1.807, 2.05) is 15.9 Å². The Hall–Kier alpha value is -1.94. The minimum Gasteiger partial charge on any atom is -0.354 e. The number of aromatic nitrogens is 4. The van der Waals surface area contributed by atoms with Crippen LogP contribution in [0.15, 0.2) is 24.7 Å².